The lowest BCUT2D eigenvalue weighted by Crippen LogP contribution is -2.33. The highest BCUT2D eigenvalue weighted by Crippen LogP contribution is 2.36. The van der Waals surface area contributed by atoms with Crippen molar-refractivity contribution in [3.05, 3.63) is 59.7 Å². The molecule has 0 aliphatic carbocycles. The molecule has 1 saturated heterocycles. The van der Waals surface area contributed by atoms with Crippen molar-refractivity contribution in [3.63, 3.8) is 0 Å². The van der Waals surface area contributed by atoms with Crippen LogP contribution in [0.15, 0.2) is 48.5 Å². The highest BCUT2D eigenvalue weighted by molar-refractivity contribution is 5.95. The molecule has 2 aromatic carbocycles. The van der Waals surface area contributed by atoms with Gasteiger partial charge in [-0.2, -0.15) is 13.2 Å². The topological polar surface area (TPSA) is 35.6 Å². The number of carbonyl (C=O) groups is 1. The monoisotopic (exact) mass is 405 g/mol. The summed E-state index contributed by atoms with van der Waals surface area (Å²) in [5, 5.41) is 2.71. The Morgan fingerprint density at radius 2 is 1.76 bits per heavy atom. The smallest absolute Gasteiger partial charge is 0.370 e. The van der Waals surface area contributed by atoms with Crippen LogP contribution in [0.4, 0.5) is 24.5 Å². The highest BCUT2D eigenvalue weighted by Gasteiger charge is 2.32. The van der Waals surface area contributed by atoms with Crippen LogP contribution < -0.4 is 10.2 Å². The first kappa shape index (κ1) is 21.2. The summed E-state index contributed by atoms with van der Waals surface area (Å²) in [6.07, 6.45) is -1.35. The summed E-state index contributed by atoms with van der Waals surface area (Å²) >= 11 is 0. The lowest BCUT2D eigenvalue weighted by atomic mass is 10.1. The Balaban J connectivity index is 1.73. The lowest BCUT2D eigenvalue weighted by Gasteiger charge is -2.31. The van der Waals surface area contributed by atoms with Crippen molar-refractivity contribution in [2.45, 2.75) is 32.0 Å². The van der Waals surface area contributed by atoms with Crippen LogP contribution in [0.5, 0.6) is 0 Å². The fourth-order valence-electron chi connectivity index (χ4n) is 3.61. The van der Waals surface area contributed by atoms with Gasteiger partial charge in [-0.25, -0.2) is 0 Å². The van der Waals surface area contributed by atoms with E-state index in [0.717, 1.165) is 50.0 Å². The number of carbonyl (C=O) groups excluding carboxylic acids is 1. The van der Waals surface area contributed by atoms with Gasteiger partial charge < -0.3 is 10.2 Å². The van der Waals surface area contributed by atoms with E-state index in [9.17, 15) is 18.0 Å². The first-order valence-electron chi connectivity index (χ1n) is 9.81. The summed E-state index contributed by atoms with van der Waals surface area (Å²) in [7, 11) is 1.81. The summed E-state index contributed by atoms with van der Waals surface area (Å²) in [4.78, 5) is 16.4. The van der Waals surface area contributed by atoms with Gasteiger partial charge >= 0.3 is 6.18 Å². The predicted octanol–water partition coefficient (Wildman–Crippen LogP) is 4.77. The fourth-order valence-corrected chi connectivity index (χ4v) is 3.61. The maximum absolute atomic E-state index is 13.2. The molecule has 29 heavy (non-hydrogen) atoms. The molecule has 0 atom stereocenters. The third-order valence-corrected chi connectivity index (χ3v) is 5.00. The normalized spacial score (nSPS) is 14.9. The number of hydrogen-bond acceptors (Lipinski definition) is 3. The van der Waals surface area contributed by atoms with Crippen molar-refractivity contribution in [1.29, 1.82) is 0 Å². The second-order valence-corrected chi connectivity index (χ2v) is 7.48. The molecule has 4 nitrogen and oxygen atoms in total. The number of rotatable bonds is 6. The van der Waals surface area contributed by atoms with Gasteiger partial charge in [0, 0.05) is 19.6 Å². The van der Waals surface area contributed by atoms with Crippen LogP contribution in [0.25, 0.3) is 0 Å². The zero-order chi connectivity index (χ0) is 20.9. The minimum Gasteiger partial charge on any atom is -0.370 e. The van der Waals surface area contributed by atoms with E-state index in [1.165, 1.54) is 6.07 Å². The highest BCUT2D eigenvalue weighted by atomic mass is 19.4. The van der Waals surface area contributed by atoms with Gasteiger partial charge in [0.25, 0.3) is 0 Å². The van der Waals surface area contributed by atoms with E-state index in [1.807, 2.05) is 47.2 Å². The van der Waals surface area contributed by atoms with Crippen molar-refractivity contribution in [3.8, 4) is 0 Å². The first-order chi connectivity index (χ1) is 13.8. The zero-order valence-corrected chi connectivity index (χ0v) is 16.5. The van der Waals surface area contributed by atoms with E-state index in [1.54, 1.807) is 0 Å². The van der Waals surface area contributed by atoms with Crippen LogP contribution in [0.1, 0.15) is 30.4 Å². The summed E-state index contributed by atoms with van der Waals surface area (Å²) in [6.45, 7) is 2.23. The van der Waals surface area contributed by atoms with E-state index < -0.39 is 11.7 Å². The number of alkyl halides is 3. The Morgan fingerprint density at radius 3 is 2.41 bits per heavy atom. The van der Waals surface area contributed by atoms with Crippen molar-refractivity contribution < 1.29 is 18.0 Å². The number of benzene rings is 2. The molecule has 3 rings (SSSR count). The molecule has 0 spiro atoms. The summed E-state index contributed by atoms with van der Waals surface area (Å²) in [5.41, 5.74) is 1.18. The van der Waals surface area contributed by atoms with Crippen LogP contribution >= 0.6 is 0 Å². The number of anilines is 2. The van der Waals surface area contributed by atoms with Crippen LogP contribution in [0, 0.1) is 0 Å². The molecule has 0 radical (unpaired) electrons. The van der Waals surface area contributed by atoms with Gasteiger partial charge in [-0.05, 0) is 50.1 Å². The fraction of sp³-hybridized carbons (Fsp3) is 0.409. The van der Waals surface area contributed by atoms with Gasteiger partial charge in [0.1, 0.15) is 0 Å². The van der Waals surface area contributed by atoms with Gasteiger partial charge in [0.2, 0.25) is 5.91 Å². The first-order valence-corrected chi connectivity index (χ1v) is 9.81. The maximum Gasteiger partial charge on any atom is 0.416 e. The van der Waals surface area contributed by atoms with Gasteiger partial charge in [-0.1, -0.05) is 30.3 Å². The summed E-state index contributed by atoms with van der Waals surface area (Å²) in [6, 6.07) is 13.3. The molecule has 1 amide bonds. The van der Waals surface area contributed by atoms with Crippen molar-refractivity contribution in [2.24, 2.45) is 0 Å². The molecule has 2 aromatic rings. The average molecular weight is 405 g/mol. The minimum absolute atomic E-state index is 0.0879. The van der Waals surface area contributed by atoms with Crippen LogP contribution in [0.2, 0.25) is 0 Å². The molecule has 1 N–H and O–H groups in total. The number of piperidine rings is 1. The number of hydrogen-bond donors (Lipinski definition) is 1. The van der Waals surface area contributed by atoms with Crippen LogP contribution in [-0.2, 0) is 17.5 Å². The summed E-state index contributed by atoms with van der Waals surface area (Å²) < 4.78 is 39.6. The van der Waals surface area contributed by atoms with E-state index in [0.29, 0.717) is 12.2 Å². The van der Waals surface area contributed by atoms with Crippen LogP contribution in [-0.4, -0.2) is 37.5 Å². The largest absolute Gasteiger partial charge is 0.416 e. The zero-order valence-electron chi connectivity index (χ0n) is 16.5. The number of amides is 1. The Morgan fingerprint density at radius 1 is 1.07 bits per heavy atom. The Bertz CT molecular complexity index is 818. The standard InChI is InChI=1S/C22H26F3N3O/c1-27(15-17-8-4-2-5-9-17)16-21(29)26-19-14-18(22(23,24)25)10-11-20(19)28-12-6-3-7-13-28/h2,4-5,8-11,14H,3,6-7,12-13,15-16H2,1H3,(H,26,29). The van der Waals surface area contributed by atoms with E-state index in [-0.39, 0.29) is 18.1 Å². The average Bonchev–Trinajstić information content (AvgIpc) is 2.68. The Kier molecular flexibility index (Phi) is 6.79. The quantitative estimate of drug-likeness (QED) is 0.752. The SMILES string of the molecule is CN(CC(=O)Nc1cc(C(F)(F)F)ccc1N1CCCCC1)Cc1ccccc1. The van der Waals surface area contributed by atoms with Crippen molar-refractivity contribution >= 4 is 17.3 Å². The molecule has 1 heterocycles. The van der Waals surface area contributed by atoms with Gasteiger partial charge in [0.15, 0.2) is 0 Å². The van der Waals surface area contributed by atoms with Crippen molar-refractivity contribution in [1.82, 2.24) is 4.90 Å². The second kappa shape index (κ2) is 9.31. The predicted molar refractivity (Wildman–Crippen MR) is 109 cm³/mol. The van der Waals surface area contributed by atoms with E-state index in [4.69, 9.17) is 0 Å². The Labute approximate surface area is 169 Å². The Hall–Kier alpha value is -2.54. The number of nitrogens with one attached hydrogen (secondary N) is 1. The molecule has 0 aromatic heterocycles. The third-order valence-electron chi connectivity index (χ3n) is 5.00. The maximum atomic E-state index is 13.2. The summed E-state index contributed by atoms with van der Waals surface area (Å²) in [5.74, 6) is -0.332. The van der Waals surface area contributed by atoms with E-state index in [2.05, 4.69) is 5.32 Å². The number of likely N-dealkylation sites (N-methyl/N-ethyl adjacent to an activating group) is 1. The van der Waals surface area contributed by atoms with Crippen LogP contribution in [0.3, 0.4) is 0 Å². The molecular formula is C22H26F3N3O. The number of halogens is 3. The van der Waals surface area contributed by atoms with Gasteiger partial charge in [-0.3, -0.25) is 9.69 Å². The molecule has 1 fully saturated rings. The van der Waals surface area contributed by atoms with E-state index >= 15 is 0 Å². The lowest BCUT2D eigenvalue weighted by molar-refractivity contribution is -0.137. The van der Waals surface area contributed by atoms with Gasteiger partial charge in [-0.15, -0.1) is 0 Å². The molecule has 7 heteroatoms. The minimum atomic E-state index is -4.45. The third kappa shape index (κ3) is 5.97. The van der Waals surface area contributed by atoms with Crippen molar-refractivity contribution in [2.75, 3.05) is 36.9 Å². The van der Waals surface area contributed by atoms with Gasteiger partial charge in [0.05, 0.1) is 23.5 Å². The molecular weight excluding hydrogens is 379 g/mol. The molecule has 1 aliphatic heterocycles. The molecule has 1 aliphatic rings. The number of nitrogens with zero attached hydrogens (tertiary/aromatic N) is 2. The molecule has 156 valence electrons. The second-order valence-electron chi connectivity index (χ2n) is 7.48. The molecule has 0 bridgehead atoms. The molecule has 0 saturated carbocycles. The molecule has 0 unspecified atom stereocenters.